The van der Waals surface area contributed by atoms with Crippen molar-refractivity contribution in [3.63, 3.8) is 0 Å². The van der Waals surface area contributed by atoms with Crippen LogP contribution in [0.5, 0.6) is 0 Å². The van der Waals surface area contributed by atoms with E-state index < -0.39 is 0 Å². The fourth-order valence-electron chi connectivity index (χ4n) is 0.717. The average Bonchev–Trinajstić information content (AvgIpc) is 2.03. The Kier molecular flexibility index (Phi) is 3.17. The zero-order chi connectivity index (χ0) is 8.97. The molecular weight excluding hydrogens is 218 g/mol. The van der Waals surface area contributed by atoms with Gasteiger partial charge in [0.15, 0.2) is 5.78 Å². The Hall–Kier alpha value is -0.960. The van der Waals surface area contributed by atoms with Crippen LogP contribution >= 0.6 is 15.9 Å². The number of hydrogen-bond donors (Lipinski definition) is 0. The number of carbonyl (C=O) groups is 1. The van der Waals surface area contributed by atoms with Gasteiger partial charge >= 0.3 is 0 Å². The predicted octanol–water partition coefficient (Wildman–Crippen LogP) is 2.45. The lowest BCUT2D eigenvalue weighted by Crippen LogP contribution is -1.84. The number of ketones is 1. The van der Waals surface area contributed by atoms with Gasteiger partial charge in [-0.1, -0.05) is 0 Å². The van der Waals surface area contributed by atoms with Crippen LogP contribution in [0.25, 0.3) is 6.08 Å². The van der Waals surface area contributed by atoms with Gasteiger partial charge < -0.3 is 0 Å². The highest BCUT2D eigenvalue weighted by atomic mass is 79.9. The second-order valence-electron chi connectivity index (χ2n) is 2.31. The minimum absolute atomic E-state index is 0.0209. The summed E-state index contributed by atoms with van der Waals surface area (Å²) in [4.78, 5) is 14.7. The molecule has 2 nitrogen and oxygen atoms in total. The van der Waals surface area contributed by atoms with E-state index in [2.05, 4.69) is 20.9 Å². The molecule has 12 heavy (non-hydrogen) atoms. The standard InChI is InChI=1S/C9H8BrNO/c1-7(12)4-5-9-8(10)3-2-6-11-9/h2-6H,1H3/b5-4+. The van der Waals surface area contributed by atoms with Gasteiger partial charge in [-0.2, -0.15) is 0 Å². The number of hydrogen-bond acceptors (Lipinski definition) is 2. The summed E-state index contributed by atoms with van der Waals surface area (Å²) in [5.74, 6) is 0.0209. The molecule has 0 fully saturated rings. The van der Waals surface area contributed by atoms with Crippen molar-refractivity contribution in [1.29, 1.82) is 0 Å². The second kappa shape index (κ2) is 4.16. The van der Waals surface area contributed by atoms with E-state index in [0.29, 0.717) is 0 Å². The van der Waals surface area contributed by atoms with E-state index in [0.717, 1.165) is 10.2 Å². The SMILES string of the molecule is CC(=O)/C=C/c1ncccc1Br. The fourth-order valence-corrected chi connectivity index (χ4v) is 1.10. The van der Waals surface area contributed by atoms with Gasteiger partial charge in [-0.3, -0.25) is 9.78 Å². The Morgan fingerprint density at radius 3 is 3.00 bits per heavy atom. The fraction of sp³-hybridized carbons (Fsp3) is 0.111. The zero-order valence-electron chi connectivity index (χ0n) is 6.62. The van der Waals surface area contributed by atoms with Crippen molar-refractivity contribution in [2.75, 3.05) is 0 Å². The number of nitrogens with zero attached hydrogens (tertiary/aromatic N) is 1. The molecule has 0 aliphatic rings. The van der Waals surface area contributed by atoms with Crippen LogP contribution in [0.3, 0.4) is 0 Å². The third-order valence-electron chi connectivity index (χ3n) is 1.26. The summed E-state index contributed by atoms with van der Waals surface area (Å²) in [5, 5.41) is 0. The van der Waals surface area contributed by atoms with E-state index in [1.54, 1.807) is 12.3 Å². The molecule has 0 unspecified atom stereocenters. The number of halogens is 1. The van der Waals surface area contributed by atoms with Crippen LogP contribution < -0.4 is 0 Å². The van der Waals surface area contributed by atoms with E-state index in [1.807, 2.05) is 12.1 Å². The number of rotatable bonds is 2. The van der Waals surface area contributed by atoms with Crippen LogP contribution in [-0.2, 0) is 4.79 Å². The minimum Gasteiger partial charge on any atom is -0.295 e. The number of allylic oxidation sites excluding steroid dienone is 1. The van der Waals surface area contributed by atoms with E-state index in [1.165, 1.54) is 13.0 Å². The van der Waals surface area contributed by atoms with Crippen molar-refractivity contribution in [3.05, 3.63) is 34.6 Å². The first-order valence-electron chi connectivity index (χ1n) is 3.49. The van der Waals surface area contributed by atoms with Crippen molar-refractivity contribution in [3.8, 4) is 0 Å². The van der Waals surface area contributed by atoms with Crippen LogP contribution in [-0.4, -0.2) is 10.8 Å². The Balaban J connectivity index is 2.89. The second-order valence-corrected chi connectivity index (χ2v) is 3.17. The molecule has 0 amide bonds. The van der Waals surface area contributed by atoms with Gasteiger partial charge in [0.1, 0.15) is 0 Å². The lowest BCUT2D eigenvalue weighted by Gasteiger charge is -1.93. The summed E-state index contributed by atoms with van der Waals surface area (Å²) in [6.07, 6.45) is 4.87. The minimum atomic E-state index is 0.0209. The topological polar surface area (TPSA) is 30.0 Å². The molecule has 0 saturated heterocycles. The lowest BCUT2D eigenvalue weighted by molar-refractivity contribution is -0.112. The van der Waals surface area contributed by atoms with Gasteiger partial charge in [-0.15, -0.1) is 0 Å². The molecule has 0 aliphatic heterocycles. The Bertz CT molecular complexity index is 320. The predicted molar refractivity (Wildman–Crippen MR) is 51.7 cm³/mol. The maximum atomic E-state index is 10.6. The van der Waals surface area contributed by atoms with Crippen molar-refractivity contribution in [2.45, 2.75) is 6.92 Å². The molecule has 1 heterocycles. The Morgan fingerprint density at radius 2 is 2.42 bits per heavy atom. The third-order valence-corrected chi connectivity index (χ3v) is 1.93. The van der Waals surface area contributed by atoms with E-state index in [-0.39, 0.29) is 5.78 Å². The molecule has 0 aliphatic carbocycles. The first-order chi connectivity index (χ1) is 5.70. The highest BCUT2D eigenvalue weighted by Gasteiger charge is 1.94. The van der Waals surface area contributed by atoms with Crippen molar-refractivity contribution in [2.24, 2.45) is 0 Å². The molecular formula is C9H8BrNO. The summed E-state index contributed by atoms with van der Waals surface area (Å²) in [6, 6.07) is 3.71. The van der Waals surface area contributed by atoms with Crippen molar-refractivity contribution >= 4 is 27.8 Å². The molecule has 0 spiro atoms. The first-order valence-corrected chi connectivity index (χ1v) is 4.28. The highest BCUT2D eigenvalue weighted by Crippen LogP contribution is 2.14. The van der Waals surface area contributed by atoms with Gasteiger partial charge in [-0.05, 0) is 47.1 Å². The molecule has 0 radical (unpaired) electrons. The quantitative estimate of drug-likeness (QED) is 0.725. The van der Waals surface area contributed by atoms with Gasteiger partial charge in [-0.25, -0.2) is 0 Å². The Labute approximate surface area is 79.5 Å². The molecule has 0 N–H and O–H groups in total. The molecule has 3 heteroatoms. The van der Waals surface area contributed by atoms with Crippen LogP contribution in [0, 0.1) is 0 Å². The molecule has 62 valence electrons. The van der Waals surface area contributed by atoms with Crippen LogP contribution in [0.4, 0.5) is 0 Å². The lowest BCUT2D eigenvalue weighted by atomic mass is 10.3. The molecule has 1 aromatic heterocycles. The normalized spacial score (nSPS) is 10.5. The van der Waals surface area contributed by atoms with Crippen molar-refractivity contribution < 1.29 is 4.79 Å². The zero-order valence-corrected chi connectivity index (χ0v) is 8.21. The molecule has 1 rings (SSSR count). The van der Waals surface area contributed by atoms with E-state index in [4.69, 9.17) is 0 Å². The largest absolute Gasteiger partial charge is 0.295 e. The monoisotopic (exact) mass is 225 g/mol. The number of aromatic nitrogens is 1. The summed E-state index contributed by atoms with van der Waals surface area (Å²) >= 11 is 3.32. The van der Waals surface area contributed by atoms with Gasteiger partial charge in [0, 0.05) is 10.7 Å². The third kappa shape index (κ3) is 2.58. The van der Waals surface area contributed by atoms with E-state index >= 15 is 0 Å². The average molecular weight is 226 g/mol. The highest BCUT2D eigenvalue weighted by molar-refractivity contribution is 9.10. The van der Waals surface area contributed by atoms with E-state index in [9.17, 15) is 4.79 Å². The van der Waals surface area contributed by atoms with Gasteiger partial charge in [0.05, 0.1) is 5.69 Å². The molecule has 1 aromatic rings. The molecule has 0 bridgehead atoms. The maximum absolute atomic E-state index is 10.6. The number of pyridine rings is 1. The van der Waals surface area contributed by atoms with Gasteiger partial charge in [0.2, 0.25) is 0 Å². The summed E-state index contributed by atoms with van der Waals surface area (Å²) in [7, 11) is 0. The molecule has 0 saturated carbocycles. The Morgan fingerprint density at radius 1 is 1.67 bits per heavy atom. The summed E-state index contributed by atoms with van der Waals surface area (Å²) in [5.41, 5.74) is 0.771. The van der Waals surface area contributed by atoms with Crippen LogP contribution in [0.2, 0.25) is 0 Å². The maximum Gasteiger partial charge on any atom is 0.152 e. The van der Waals surface area contributed by atoms with Crippen LogP contribution in [0.1, 0.15) is 12.6 Å². The van der Waals surface area contributed by atoms with Gasteiger partial charge in [0.25, 0.3) is 0 Å². The molecule has 0 atom stereocenters. The first kappa shape index (κ1) is 9.13. The molecule has 0 aromatic carbocycles. The summed E-state index contributed by atoms with van der Waals surface area (Å²) < 4.78 is 0.891. The van der Waals surface area contributed by atoms with Crippen LogP contribution in [0.15, 0.2) is 28.9 Å². The number of carbonyl (C=O) groups excluding carboxylic acids is 1. The van der Waals surface area contributed by atoms with Crippen molar-refractivity contribution in [1.82, 2.24) is 4.98 Å². The smallest absolute Gasteiger partial charge is 0.152 e. The summed E-state index contributed by atoms with van der Waals surface area (Å²) in [6.45, 7) is 1.51.